The standard InChI is InChI=1S/C13H19ClN2O3/c1-9(13(17)16-7-4-8-18-2)19-12-10(14)5-3-6-11(12)15/h3,5-6,9H,4,7-8,15H2,1-2H3,(H,16,17). The van der Waals surface area contributed by atoms with E-state index in [9.17, 15) is 4.79 Å². The van der Waals surface area contributed by atoms with E-state index in [0.717, 1.165) is 6.42 Å². The van der Waals surface area contributed by atoms with Gasteiger partial charge in [0.15, 0.2) is 11.9 Å². The van der Waals surface area contributed by atoms with Crippen LogP contribution in [0.4, 0.5) is 5.69 Å². The Bertz CT molecular complexity index is 406. The van der Waals surface area contributed by atoms with E-state index in [4.69, 9.17) is 26.8 Å². The van der Waals surface area contributed by atoms with Crippen LogP contribution in [0.25, 0.3) is 0 Å². The minimum Gasteiger partial charge on any atom is -0.477 e. The molecule has 1 atom stereocenters. The summed E-state index contributed by atoms with van der Waals surface area (Å²) >= 11 is 5.97. The van der Waals surface area contributed by atoms with Crippen molar-refractivity contribution in [2.75, 3.05) is 26.0 Å². The molecule has 1 amide bonds. The van der Waals surface area contributed by atoms with Crippen molar-refractivity contribution in [2.24, 2.45) is 0 Å². The highest BCUT2D eigenvalue weighted by molar-refractivity contribution is 6.32. The maximum absolute atomic E-state index is 11.8. The van der Waals surface area contributed by atoms with Gasteiger partial charge in [0, 0.05) is 20.3 Å². The molecule has 19 heavy (non-hydrogen) atoms. The van der Waals surface area contributed by atoms with Gasteiger partial charge in [0.25, 0.3) is 5.91 Å². The van der Waals surface area contributed by atoms with E-state index in [1.807, 2.05) is 0 Å². The van der Waals surface area contributed by atoms with Crippen LogP contribution >= 0.6 is 11.6 Å². The summed E-state index contributed by atoms with van der Waals surface area (Å²) in [7, 11) is 1.62. The van der Waals surface area contributed by atoms with Gasteiger partial charge in [-0.2, -0.15) is 0 Å². The molecule has 3 N–H and O–H groups in total. The van der Waals surface area contributed by atoms with Gasteiger partial charge in [0.05, 0.1) is 10.7 Å². The Hall–Kier alpha value is -1.46. The molecule has 6 heteroatoms. The summed E-state index contributed by atoms with van der Waals surface area (Å²) in [6, 6.07) is 5.06. The molecule has 106 valence electrons. The quantitative estimate of drug-likeness (QED) is 0.592. The zero-order valence-corrected chi connectivity index (χ0v) is 11.9. The topological polar surface area (TPSA) is 73.6 Å². The fourth-order valence-electron chi connectivity index (χ4n) is 1.45. The molecule has 0 heterocycles. The molecular weight excluding hydrogens is 268 g/mol. The summed E-state index contributed by atoms with van der Waals surface area (Å²) in [5.41, 5.74) is 6.16. The van der Waals surface area contributed by atoms with Crippen LogP contribution in [0.2, 0.25) is 5.02 Å². The predicted octanol–water partition coefficient (Wildman–Crippen LogP) is 1.84. The van der Waals surface area contributed by atoms with E-state index < -0.39 is 6.10 Å². The molecule has 0 spiro atoms. The number of anilines is 1. The lowest BCUT2D eigenvalue weighted by molar-refractivity contribution is -0.127. The summed E-state index contributed by atoms with van der Waals surface area (Å²) < 4.78 is 10.4. The Morgan fingerprint density at radius 2 is 2.26 bits per heavy atom. The Morgan fingerprint density at radius 3 is 2.89 bits per heavy atom. The molecule has 1 aromatic rings. The van der Waals surface area contributed by atoms with Crippen molar-refractivity contribution in [3.8, 4) is 5.75 Å². The van der Waals surface area contributed by atoms with Crippen LogP contribution in [0.3, 0.4) is 0 Å². The second-order valence-corrected chi connectivity index (χ2v) is 4.46. The molecule has 0 saturated carbocycles. The molecule has 5 nitrogen and oxygen atoms in total. The molecule has 1 aromatic carbocycles. The van der Waals surface area contributed by atoms with Gasteiger partial charge in [-0.3, -0.25) is 4.79 Å². The number of amides is 1. The number of carbonyl (C=O) groups is 1. The van der Waals surface area contributed by atoms with Crippen molar-refractivity contribution in [2.45, 2.75) is 19.4 Å². The third-order valence-electron chi connectivity index (χ3n) is 2.49. The van der Waals surface area contributed by atoms with E-state index in [0.29, 0.717) is 29.6 Å². The molecule has 0 fully saturated rings. The first-order valence-electron chi connectivity index (χ1n) is 6.03. The van der Waals surface area contributed by atoms with Gasteiger partial charge < -0.3 is 20.5 Å². The zero-order chi connectivity index (χ0) is 14.3. The SMILES string of the molecule is COCCCNC(=O)C(C)Oc1c(N)cccc1Cl. The first-order chi connectivity index (χ1) is 9.06. The van der Waals surface area contributed by atoms with Crippen LogP contribution in [0.1, 0.15) is 13.3 Å². The van der Waals surface area contributed by atoms with Gasteiger partial charge in [-0.05, 0) is 25.5 Å². The van der Waals surface area contributed by atoms with Gasteiger partial charge in [0.1, 0.15) is 0 Å². The Morgan fingerprint density at radius 1 is 1.53 bits per heavy atom. The first-order valence-corrected chi connectivity index (χ1v) is 6.41. The number of ether oxygens (including phenoxy) is 2. The molecule has 1 unspecified atom stereocenters. The van der Waals surface area contributed by atoms with Crippen molar-refractivity contribution >= 4 is 23.2 Å². The molecule has 0 aliphatic rings. The van der Waals surface area contributed by atoms with Crippen molar-refractivity contribution < 1.29 is 14.3 Å². The maximum atomic E-state index is 11.8. The number of hydrogen-bond acceptors (Lipinski definition) is 4. The smallest absolute Gasteiger partial charge is 0.260 e. The Balaban J connectivity index is 2.50. The highest BCUT2D eigenvalue weighted by atomic mass is 35.5. The minimum absolute atomic E-state index is 0.213. The Kier molecular flexibility index (Phi) is 6.45. The number of methoxy groups -OCH3 is 1. The number of hydrogen-bond donors (Lipinski definition) is 2. The number of nitrogens with two attached hydrogens (primary N) is 1. The summed E-state index contributed by atoms with van der Waals surface area (Å²) in [6.07, 6.45) is 0.0909. The van der Waals surface area contributed by atoms with E-state index in [1.165, 1.54) is 0 Å². The van der Waals surface area contributed by atoms with Crippen LogP contribution in [0.15, 0.2) is 18.2 Å². The zero-order valence-electron chi connectivity index (χ0n) is 11.1. The average Bonchev–Trinajstić information content (AvgIpc) is 2.38. The second kappa shape index (κ2) is 7.86. The monoisotopic (exact) mass is 286 g/mol. The molecule has 0 aliphatic carbocycles. The van der Waals surface area contributed by atoms with Gasteiger partial charge in [0.2, 0.25) is 0 Å². The molecule has 1 rings (SSSR count). The fourth-order valence-corrected chi connectivity index (χ4v) is 1.68. The summed E-state index contributed by atoms with van der Waals surface area (Å²) in [6.45, 7) is 2.79. The van der Waals surface area contributed by atoms with Gasteiger partial charge in [-0.25, -0.2) is 0 Å². The molecule has 0 radical (unpaired) electrons. The summed E-state index contributed by atoms with van der Waals surface area (Å²) in [5, 5.41) is 3.14. The number of para-hydroxylation sites is 1. The number of nitrogens with one attached hydrogen (secondary N) is 1. The summed E-state index contributed by atoms with van der Waals surface area (Å²) in [4.78, 5) is 11.8. The number of benzene rings is 1. The van der Waals surface area contributed by atoms with Crippen LogP contribution in [0.5, 0.6) is 5.75 Å². The van der Waals surface area contributed by atoms with E-state index in [2.05, 4.69) is 5.32 Å². The minimum atomic E-state index is -0.662. The van der Waals surface area contributed by atoms with Gasteiger partial charge >= 0.3 is 0 Å². The largest absolute Gasteiger partial charge is 0.477 e. The van der Waals surface area contributed by atoms with E-state index >= 15 is 0 Å². The van der Waals surface area contributed by atoms with Crippen LogP contribution in [-0.4, -0.2) is 32.3 Å². The average molecular weight is 287 g/mol. The highest BCUT2D eigenvalue weighted by Crippen LogP contribution is 2.31. The lowest BCUT2D eigenvalue weighted by atomic mass is 10.3. The maximum Gasteiger partial charge on any atom is 0.260 e. The molecule has 0 saturated heterocycles. The van der Waals surface area contributed by atoms with Crippen molar-refractivity contribution in [3.63, 3.8) is 0 Å². The van der Waals surface area contributed by atoms with E-state index in [-0.39, 0.29) is 5.91 Å². The van der Waals surface area contributed by atoms with Gasteiger partial charge in [-0.1, -0.05) is 17.7 Å². The van der Waals surface area contributed by atoms with Crippen molar-refractivity contribution in [1.29, 1.82) is 0 Å². The van der Waals surface area contributed by atoms with Crippen LogP contribution in [0, 0.1) is 0 Å². The summed E-state index contributed by atoms with van der Waals surface area (Å²) in [5.74, 6) is 0.124. The second-order valence-electron chi connectivity index (χ2n) is 4.06. The van der Waals surface area contributed by atoms with Crippen molar-refractivity contribution in [3.05, 3.63) is 23.2 Å². The molecule has 0 bridgehead atoms. The number of rotatable bonds is 7. The molecule has 0 aliphatic heterocycles. The first kappa shape index (κ1) is 15.6. The molecule has 0 aromatic heterocycles. The number of halogens is 1. The fraction of sp³-hybridized carbons (Fsp3) is 0.462. The lowest BCUT2D eigenvalue weighted by Crippen LogP contribution is -2.37. The third-order valence-corrected chi connectivity index (χ3v) is 2.78. The predicted molar refractivity (Wildman–Crippen MR) is 75.5 cm³/mol. The van der Waals surface area contributed by atoms with E-state index in [1.54, 1.807) is 32.2 Å². The van der Waals surface area contributed by atoms with Crippen LogP contribution < -0.4 is 15.8 Å². The molecular formula is C13H19ClN2O3. The number of nitrogen functional groups attached to an aromatic ring is 1. The third kappa shape index (κ3) is 4.96. The number of carbonyl (C=O) groups excluding carboxylic acids is 1. The lowest BCUT2D eigenvalue weighted by Gasteiger charge is -2.16. The normalized spacial score (nSPS) is 11.9. The van der Waals surface area contributed by atoms with Crippen molar-refractivity contribution in [1.82, 2.24) is 5.32 Å². The highest BCUT2D eigenvalue weighted by Gasteiger charge is 2.17. The van der Waals surface area contributed by atoms with Gasteiger partial charge in [-0.15, -0.1) is 0 Å². The Labute approximate surface area is 118 Å². The van der Waals surface area contributed by atoms with Crippen LogP contribution in [-0.2, 0) is 9.53 Å².